The van der Waals surface area contributed by atoms with E-state index in [9.17, 15) is 4.79 Å². The van der Waals surface area contributed by atoms with Gasteiger partial charge < -0.3 is 4.90 Å². The van der Waals surface area contributed by atoms with Gasteiger partial charge in [0.25, 0.3) is 5.91 Å². The van der Waals surface area contributed by atoms with Crippen LogP contribution in [0, 0.1) is 0 Å². The molecule has 0 saturated carbocycles. The second-order valence-electron chi connectivity index (χ2n) is 6.21. The highest BCUT2D eigenvalue weighted by atomic mass is 32.1. The van der Waals surface area contributed by atoms with Crippen molar-refractivity contribution in [3.63, 3.8) is 0 Å². The molecule has 0 radical (unpaired) electrons. The van der Waals surface area contributed by atoms with E-state index in [4.69, 9.17) is 0 Å². The number of aryl methyl sites for hydroxylation is 1. The van der Waals surface area contributed by atoms with Gasteiger partial charge in [-0.1, -0.05) is 6.07 Å². The van der Waals surface area contributed by atoms with Crippen molar-refractivity contribution in [3.05, 3.63) is 47.7 Å². The van der Waals surface area contributed by atoms with Crippen molar-refractivity contribution < 1.29 is 4.79 Å². The normalized spacial score (nSPS) is 18.2. The smallest absolute Gasteiger partial charge is 0.255 e. The quantitative estimate of drug-likeness (QED) is 0.729. The molecule has 0 spiro atoms. The van der Waals surface area contributed by atoms with E-state index in [2.05, 4.69) is 15.0 Å². The van der Waals surface area contributed by atoms with Gasteiger partial charge in [0.05, 0.1) is 21.3 Å². The number of thiazole rings is 1. The van der Waals surface area contributed by atoms with Crippen LogP contribution in [0.2, 0.25) is 0 Å². The third-order valence-corrected chi connectivity index (χ3v) is 5.60. The Kier molecular flexibility index (Phi) is 4.30. The average molecular weight is 340 g/mol. The highest BCUT2D eigenvalue weighted by Gasteiger charge is 2.28. The van der Waals surface area contributed by atoms with Crippen molar-refractivity contribution in [2.24, 2.45) is 0 Å². The number of carbonyl (C=O) groups is 1. The predicted octanol–water partition coefficient (Wildman–Crippen LogP) is 3.58. The van der Waals surface area contributed by atoms with Gasteiger partial charge in [0.1, 0.15) is 0 Å². The minimum atomic E-state index is 0.148. The molecule has 2 aromatic heterocycles. The molecule has 1 unspecified atom stereocenters. The Morgan fingerprint density at radius 3 is 3.12 bits per heavy atom. The standard InChI is InChI=1S/C18H20N4OS/c23-18(15-6-3-7-16-17(15)24-13-19-16)22-11-2-1-5-14(22)8-12-21-10-4-9-20-21/h3-4,6-7,9-10,13-14H,1-2,5,8,11-12H2. The first-order chi connectivity index (χ1) is 11.8. The van der Waals surface area contributed by atoms with Gasteiger partial charge in [0, 0.05) is 31.5 Å². The van der Waals surface area contributed by atoms with Crippen molar-refractivity contribution in [2.75, 3.05) is 6.54 Å². The molecule has 1 saturated heterocycles. The van der Waals surface area contributed by atoms with Gasteiger partial charge in [0.2, 0.25) is 0 Å². The van der Waals surface area contributed by atoms with Crippen LogP contribution < -0.4 is 0 Å². The summed E-state index contributed by atoms with van der Waals surface area (Å²) in [6.45, 7) is 1.70. The molecule has 5 nitrogen and oxygen atoms in total. The van der Waals surface area contributed by atoms with E-state index in [-0.39, 0.29) is 5.91 Å². The molecule has 0 aliphatic carbocycles. The monoisotopic (exact) mass is 340 g/mol. The topological polar surface area (TPSA) is 51.0 Å². The summed E-state index contributed by atoms with van der Waals surface area (Å²) in [6, 6.07) is 8.06. The average Bonchev–Trinajstić information content (AvgIpc) is 3.30. The van der Waals surface area contributed by atoms with Crippen molar-refractivity contribution in [1.29, 1.82) is 0 Å². The SMILES string of the molecule is O=C(c1cccc2ncsc12)N1CCCCC1CCn1cccn1. The lowest BCUT2D eigenvalue weighted by Crippen LogP contribution is -2.44. The summed E-state index contributed by atoms with van der Waals surface area (Å²) in [7, 11) is 0. The van der Waals surface area contributed by atoms with Crippen LogP contribution in [0.3, 0.4) is 0 Å². The van der Waals surface area contributed by atoms with Gasteiger partial charge in [-0.3, -0.25) is 9.48 Å². The lowest BCUT2D eigenvalue weighted by Gasteiger charge is -2.36. The molecule has 0 bridgehead atoms. The Bertz CT molecular complexity index is 827. The van der Waals surface area contributed by atoms with E-state index in [1.54, 1.807) is 17.5 Å². The summed E-state index contributed by atoms with van der Waals surface area (Å²) < 4.78 is 2.94. The third kappa shape index (κ3) is 2.94. The van der Waals surface area contributed by atoms with Gasteiger partial charge in [-0.15, -0.1) is 11.3 Å². The van der Waals surface area contributed by atoms with Crippen molar-refractivity contribution in [3.8, 4) is 0 Å². The number of aromatic nitrogens is 3. The van der Waals surface area contributed by atoms with Crippen LogP contribution in [0.4, 0.5) is 0 Å². The Morgan fingerprint density at radius 1 is 1.29 bits per heavy atom. The van der Waals surface area contributed by atoms with E-state index < -0.39 is 0 Å². The van der Waals surface area contributed by atoms with E-state index >= 15 is 0 Å². The van der Waals surface area contributed by atoms with Crippen LogP contribution in [0.1, 0.15) is 36.0 Å². The number of likely N-dealkylation sites (tertiary alicyclic amines) is 1. The van der Waals surface area contributed by atoms with Gasteiger partial charge in [-0.25, -0.2) is 4.98 Å². The summed E-state index contributed by atoms with van der Waals surface area (Å²) in [4.78, 5) is 19.6. The summed E-state index contributed by atoms with van der Waals surface area (Å²) >= 11 is 1.55. The third-order valence-electron chi connectivity index (χ3n) is 4.73. The predicted molar refractivity (Wildman–Crippen MR) is 95.1 cm³/mol. The highest BCUT2D eigenvalue weighted by Crippen LogP contribution is 2.27. The van der Waals surface area contributed by atoms with Crippen LogP contribution in [0.5, 0.6) is 0 Å². The molecular formula is C18H20N4OS. The fraction of sp³-hybridized carbons (Fsp3) is 0.389. The number of piperidine rings is 1. The van der Waals surface area contributed by atoms with Crippen LogP contribution in [-0.2, 0) is 6.54 Å². The molecule has 4 rings (SSSR count). The molecule has 1 aliphatic rings. The maximum Gasteiger partial charge on any atom is 0.255 e. The largest absolute Gasteiger partial charge is 0.336 e. The highest BCUT2D eigenvalue weighted by molar-refractivity contribution is 7.17. The molecule has 1 fully saturated rings. The van der Waals surface area contributed by atoms with Crippen LogP contribution >= 0.6 is 11.3 Å². The molecule has 124 valence electrons. The molecule has 0 N–H and O–H groups in total. The molecule has 3 heterocycles. The minimum absolute atomic E-state index is 0.148. The van der Waals surface area contributed by atoms with Gasteiger partial charge in [-0.2, -0.15) is 5.10 Å². The second kappa shape index (κ2) is 6.73. The first-order valence-corrected chi connectivity index (χ1v) is 9.31. The fourth-order valence-electron chi connectivity index (χ4n) is 3.49. The zero-order valence-corrected chi connectivity index (χ0v) is 14.3. The van der Waals surface area contributed by atoms with Crippen LogP contribution in [0.25, 0.3) is 10.2 Å². The van der Waals surface area contributed by atoms with Crippen molar-refractivity contribution in [2.45, 2.75) is 38.3 Å². The first kappa shape index (κ1) is 15.3. The lowest BCUT2D eigenvalue weighted by atomic mass is 9.98. The molecule has 1 atom stereocenters. The van der Waals surface area contributed by atoms with E-state index in [1.807, 2.05) is 40.7 Å². The van der Waals surface area contributed by atoms with E-state index in [0.717, 1.165) is 48.1 Å². The molecule has 1 amide bonds. The second-order valence-corrected chi connectivity index (χ2v) is 7.07. The van der Waals surface area contributed by atoms with Crippen molar-refractivity contribution in [1.82, 2.24) is 19.7 Å². The van der Waals surface area contributed by atoms with Crippen LogP contribution in [-0.4, -0.2) is 38.2 Å². The fourth-order valence-corrected chi connectivity index (χ4v) is 4.29. The van der Waals surface area contributed by atoms with Gasteiger partial charge in [-0.05, 0) is 43.9 Å². The Labute approximate surface area is 144 Å². The number of amides is 1. The van der Waals surface area contributed by atoms with Gasteiger partial charge >= 0.3 is 0 Å². The zero-order valence-electron chi connectivity index (χ0n) is 13.5. The number of carbonyl (C=O) groups excluding carboxylic acids is 1. The summed E-state index contributed by atoms with van der Waals surface area (Å²) in [5, 5.41) is 4.27. The molecule has 1 aliphatic heterocycles. The first-order valence-electron chi connectivity index (χ1n) is 8.43. The number of rotatable bonds is 4. The lowest BCUT2D eigenvalue weighted by molar-refractivity contribution is 0.0596. The number of fused-ring (bicyclic) bond motifs is 1. The van der Waals surface area contributed by atoms with E-state index in [1.165, 1.54) is 6.42 Å². The van der Waals surface area contributed by atoms with Crippen molar-refractivity contribution >= 4 is 27.5 Å². The number of benzene rings is 1. The molecule has 3 aromatic rings. The maximum absolute atomic E-state index is 13.2. The van der Waals surface area contributed by atoms with Gasteiger partial charge in [0.15, 0.2) is 0 Å². The van der Waals surface area contributed by atoms with E-state index in [0.29, 0.717) is 6.04 Å². The number of nitrogens with zero attached hydrogens (tertiary/aromatic N) is 4. The Hall–Kier alpha value is -2.21. The maximum atomic E-state index is 13.2. The number of hydrogen-bond donors (Lipinski definition) is 0. The van der Waals surface area contributed by atoms with Crippen LogP contribution in [0.15, 0.2) is 42.2 Å². The summed E-state index contributed by atoms with van der Waals surface area (Å²) in [6.07, 6.45) is 8.08. The molecule has 24 heavy (non-hydrogen) atoms. The Balaban J connectivity index is 1.55. The molecule has 6 heteroatoms. The summed E-state index contributed by atoms with van der Waals surface area (Å²) in [5.41, 5.74) is 3.52. The molecule has 1 aromatic carbocycles. The Morgan fingerprint density at radius 2 is 2.25 bits per heavy atom. The number of hydrogen-bond acceptors (Lipinski definition) is 4. The zero-order chi connectivity index (χ0) is 16.4. The summed E-state index contributed by atoms with van der Waals surface area (Å²) in [5.74, 6) is 0.148. The minimum Gasteiger partial charge on any atom is -0.336 e. The molecular weight excluding hydrogens is 320 g/mol.